The fourth-order valence-corrected chi connectivity index (χ4v) is 3.23. The SMILES string of the molecule is CCOc1ccc(OCC)c(NC(=O)CSc2nnc(-c3ccco3)n2C)c1. The maximum atomic E-state index is 12.5. The van der Waals surface area contributed by atoms with E-state index in [0.717, 1.165) is 0 Å². The van der Waals surface area contributed by atoms with Crippen molar-refractivity contribution < 1.29 is 18.7 Å². The van der Waals surface area contributed by atoms with Crippen LogP contribution in [-0.4, -0.2) is 39.6 Å². The van der Waals surface area contributed by atoms with E-state index < -0.39 is 0 Å². The van der Waals surface area contributed by atoms with Crippen LogP contribution in [0.3, 0.4) is 0 Å². The summed E-state index contributed by atoms with van der Waals surface area (Å²) in [5, 5.41) is 11.7. The van der Waals surface area contributed by atoms with E-state index in [-0.39, 0.29) is 11.7 Å². The number of aromatic nitrogens is 3. The molecule has 1 N–H and O–H groups in total. The minimum Gasteiger partial charge on any atom is -0.494 e. The Kier molecular flexibility index (Phi) is 6.59. The second kappa shape index (κ2) is 9.32. The molecule has 2 aromatic heterocycles. The predicted octanol–water partition coefficient (Wildman–Crippen LogP) is 3.60. The highest BCUT2D eigenvalue weighted by molar-refractivity contribution is 7.99. The topological polar surface area (TPSA) is 91.4 Å². The third-order valence-electron chi connectivity index (χ3n) is 3.74. The molecule has 0 spiro atoms. The minimum absolute atomic E-state index is 0.175. The number of rotatable bonds is 9. The second-order valence-electron chi connectivity index (χ2n) is 5.70. The molecule has 28 heavy (non-hydrogen) atoms. The van der Waals surface area contributed by atoms with Gasteiger partial charge in [0.1, 0.15) is 11.5 Å². The highest BCUT2D eigenvalue weighted by Gasteiger charge is 2.15. The Morgan fingerprint density at radius 3 is 2.75 bits per heavy atom. The molecule has 0 saturated heterocycles. The molecule has 1 amide bonds. The number of thioether (sulfide) groups is 1. The van der Waals surface area contributed by atoms with E-state index >= 15 is 0 Å². The summed E-state index contributed by atoms with van der Waals surface area (Å²) in [6.07, 6.45) is 1.58. The van der Waals surface area contributed by atoms with Crippen molar-refractivity contribution in [3.05, 3.63) is 36.6 Å². The van der Waals surface area contributed by atoms with Gasteiger partial charge in [0.15, 0.2) is 16.7 Å². The molecule has 9 heteroatoms. The van der Waals surface area contributed by atoms with Crippen LogP contribution in [0.15, 0.2) is 46.2 Å². The van der Waals surface area contributed by atoms with Gasteiger partial charge in [-0.2, -0.15) is 0 Å². The number of nitrogens with zero attached hydrogens (tertiary/aromatic N) is 3. The number of hydrogen-bond donors (Lipinski definition) is 1. The van der Waals surface area contributed by atoms with Gasteiger partial charge < -0.3 is 23.8 Å². The monoisotopic (exact) mass is 402 g/mol. The number of benzene rings is 1. The number of furan rings is 1. The summed E-state index contributed by atoms with van der Waals surface area (Å²) in [5.41, 5.74) is 0.577. The molecule has 0 aliphatic rings. The van der Waals surface area contributed by atoms with Crippen LogP contribution in [-0.2, 0) is 11.8 Å². The summed E-state index contributed by atoms with van der Waals surface area (Å²) < 4.78 is 18.2. The number of hydrogen-bond acceptors (Lipinski definition) is 7. The maximum Gasteiger partial charge on any atom is 0.234 e. The van der Waals surface area contributed by atoms with E-state index in [1.165, 1.54) is 11.8 Å². The van der Waals surface area contributed by atoms with Gasteiger partial charge in [0.25, 0.3) is 0 Å². The average Bonchev–Trinajstić information content (AvgIpc) is 3.32. The van der Waals surface area contributed by atoms with Crippen molar-refractivity contribution in [3.8, 4) is 23.1 Å². The number of ether oxygens (including phenoxy) is 2. The minimum atomic E-state index is -0.179. The van der Waals surface area contributed by atoms with Gasteiger partial charge in [-0.15, -0.1) is 10.2 Å². The molecule has 3 aromatic rings. The molecular formula is C19H22N4O4S. The second-order valence-corrected chi connectivity index (χ2v) is 6.65. The molecule has 3 rings (SSSR count). The zero-order valence-corrected chi connectivity index (χ0v) is 16.8. The van der Waals surface area contributed by atoms with Gasteiger partial charge in [-0.1, -0.05) is 11.8 Å². The number of carbonyl (C=O) groups excluding carboxylic acids is 1. The summed E-state index contributed by atoms with van der Waals surface area (Å²) >= 11 is 1.29. The first-order valence-corrected chi connectivity index (χ1v) is 9.86. The van der Waals surface area contributed by atoms with Crippen molar-refractivity contribution in [2.24, 2.45) is 7.05 Å². The van der Waals surface area contributed by atoms with Gasteiger partial charge in [0, 0.05) is 13.1 Å². The fraction of sp³-hybridized carbons (Fsp3) is 0.316. The van der Waals surface area contributed by atoms with E-state index in [9.17, 15) is 4.79 Å². The summed E-state index contributed by atoms with van der Waals surface area (Å²) in [5.74, 6) is 2.50. The standard InChI is InChI=1S/C19H22N4O4S/c1-4-25-13-8-9-15(26-5-2)14(11-13)20-17(24)12-28-19-22-21-18(23(19)3)16-7-6-10-27-16/h6-11H,4-5,12H2,1-3H3,(H,20,24). The molecule has 148 valence electrons. The van der Waals surface area contributed by atoms with Gasteiger partial charge >= 0.3 is 0 Å². The zero-order valence-electron chi connectivity index (χ0n) is 16.0. The van der Waals surface area contributed by atoms with Crippen molar-refractivity contribution in [2.75, 3.05) is 24.3 Å². The molecule has 0 aliphatic carbocycles. The average molecular weight is 402 g/mol. The third-order valence-corrected chi connectivity index (χ3v) is 4.77. The van der Waals surface area contributed by atoms with Gasteiger partial charge in [-0.05, 0) is 38.1 Å². The Balaban J connectivity index is 1.65. The molecule has 0 saturated carbocycles. The quantitative estimate of drug-likeness (QED) is 0.547. The number of anilines is 1. The molecule has 0 aliphatic heterocycles. The predicted molar refractivity (Wildman–Crippen MR) is 107 cm³/mol. The van der Waals surface area contributed by atoms with Crippen LogP contribution in [0, 0.1) is 0 Å². The van der Waals surface area contributed by atoms with E-state index in [1.807, 2.05) is 33.0 Å². The van der Waals surface area contributed by atoms with Crippen molar-refractivity contribution in [3.63, 3.8) is 0 Å². The molecule has 0 radical (unpaired) electrons. The lowest BCUT2D eigenvalue weighted by Crippen LogP contribution is -2.15. The summed E-state index contributed by atoms with van der Waals surface area (Å²) in [6.45, 7) is 4.84. The van der Waals surface area contributed by atoms with E-state index in [1.54, 1.807) is 29.0 Å². The van der Waals surface area contributed by atoms with Gasteiger partial charge in [0.2, 0.25) is 5.91 Å². The summed E-state index contributed by atoms with van der Waals surface area (Å²) in [4.78, 5) is 12.5. The lowest BCUT2D eigenvalue weighted by atomic mass is 10.2. The highest BCUT2D eigenvalue weighted by atomic mass is 32.2. The van der Waals surface area contributed by atoms with Crippen molar-refractivity contribution in [1.82, 2.24) is 14.8 Å². The first kappa shape index (κ1) is 19.8. The molecule has 0 bridgehead atoms. The maximum absolute atomic E-state index is 12.5. The lowest BCUT2D eigenvalue weighted by molar-refractivity contribution is -0.113. The summed E-state index contributed by atoms with van der Waals surface area (Å²) in [7, 11) is 1.83. The Morgan fingerprint density at radius 1 is 1.21 bits per heavy atom. The molecule has 0 fully saturated rings. The van der Waals surface area contributed by atoms with Crippen LogP contribution in [0.5, 0.6) is 11.5 Å². The molecule has 8 nitrogen and oxygen atoms in total. The molecule has 0 atom stereocenters. The number of carbonyl (C=O) groups is 1. The Bertz CT molecular complexity index is 924. The smallest absolute Gasteiger partial charge is 0.234 e. The normalized spacial score (nSPS) is 10.7. The van der Waals surface area contributed by atoms with Gasteiger partial charge in [0.05, 0.1) is 30.9 Å². The van der Waals surface area contributed by atoms with Crippen LogP contribution >= 0.6 is 11.8 Å². The van der Waals surface area contributed by atoms with Crippen molar-refractivity contribution in [1.29, 1.82) is 0 Å². The largest absolute Gasteiger partial charge is 0.494 e. The Labute approximate surface area is 167 Å². The fourth-order valence-electron chi connectivity index (χ4n) is 2.52. The van der Waals surface area contributed by atoms with E-state index in [4.69, 9.17) is 13.9 Å². The van der Waals surface area contributed by atoms with Crippen LogP contribution in [0.25, 0.3) is 11.6 Å². The van der Waals surface area contributed by atoms with Crippen LogP contribution in [0.1, 0.15) is 13.8 Å². The van der Waals surface area contributed by atoms with Crippen LogP contribution in [0.2, 0.25) is 0 Å². The molecule has 2 heterocycles. The van der Waals surface area contributed by atoms with Crippen molar-refractivity contribution >= 4 is 23.4 Å². The molecule has 0 unspecified atom stereocenters. The molecule has 1 aromatic carbocycles. The van der Waals surface area contributed by atoms with Crippen LogP contribution < -0.4 is 14.8 Å². The number of amides is 1. The van der Waals surface area contributed by atoms with Gasteiger partial charge in [-0.25, -0.2) is 0 Å². The number of nitrogens with one attached hydrogen (secondary N) is 1. The van der Waals surface area contributed by atoms with Crippen molar-refractivity contribution in [2.45, 2.75) is 19.0 Å². The van der Waals surface area contributed by atoms with E-state index in [0.29, 0.717) is 47.1 Å². The highest BCUT2D eigenvalue weighted by Crippen LogP contribution is 2.30. The first-order valence-electron chi connectivity index (χ1n) is 8.88. The van der Waals surface area contributed by atoms with Crippen LogP contribution in [0.4, 0.5) is 5.69 Å². The van der Waals surface area contributed by atoms with E-state index in [2.05, 4.69) is 15.5 Å². The first-order chi connectivity index (χ1) is 13.6. The summed E-state index contributed by atoms with van der Waals surface area (Å²) in [6, 6.07) is 8.96. The third kappa shape index (κ3) is 4.66. The zero-order chi connectivity index (χ0) is 19.9. The molecular weight excluding hydrogens is 380 g/mol. The Morgan fingerprint density at radius 2 is 2.04 bits per heavy atom. The Hall–Kier alpha value is -2.94. The lowest BCUT2D eigenvalue weighted by Gasteiger charge is -2.13. The van der Waals surface area contributed by atoms with Gasteiger partial charge in [-0.3, -0.25) is 4.79 Å².